The molecule has 0 saturated heterocycles. The standard InChI is InChI=1S/C12H19FN2/c1-4-5-9(3)15-12-6-8(2)10(13)7-11(12)14/h6-7,9,15H,4-5,14H2,1-3H3. The molecule has 84 valence electrons. The molecule has 0 aliphatic carbocycles. The van der Waals surface area contributed by atoms with Crippen LogP contribution in [-0.2, 0) is 0 Å². The summed E-state index contributed by atoms with van der Waals surface area (Å²) in [7, 11) is 0. The van der Waals surface area contributed by atoms with Crippen molar-refractivity contribution in [1.82, 2.24) is 0 Å². The maximum Gasteiger partial charge on any atom is 0.128 e. The largest absolute Gasteiger partial charge is 0.397 e. The lowest BCUT2D eigenvalue weighted by Gasteiger charge is -2.16. The summed E-state index contributed by atoms with van der Waals surface area (Å²) in [6, 6.07) is 3.50. The van der Waals surface area contributed by atoms with Gasteiger partial charge in [0, 0.05) is 6.04 Å². The van der Waals surface area contributed by atoms with Crippen molar-refractivity contribution in [3.05, 3.63) is 23.5 Å². The van der Waals surface area contributed by atoms with Crippen LogP contribution in [0, 0.1) is 12.7 Å². The van der Waals surface area contributed by atoms with Crippen molar-refractivity contribution in [3.63, 3.8) is 0 Å². The summed E-state index contributed by atoms with van der Waals surface area (Å²) in [6.07, 6.45) is 2.20. The molecule has 1 atom stereocenters. The van der Waals surface area contributed by atoms with Crippen molar-refractivity contribution < 1.29 is 4.39 Å². The quantitative estimate of drug-likeness (QED) is 0.748. The third kappa shape index (κ3) is 3.11. The first kappa shape index (κ1) is 11.8. The van der Waals surface area contributed by atoms with Crippen LogP contribution in [0.2, 0.25) is 0 Å². The van der Waals surface area contributed by atoms with E-state index in [2.05, 4.69) is 19.2 Å². The molecule has 0 aliphatic heterocycles. The number of halogens is 1. The zero-order valence-corrected chi connectivity index (χ0v) is 9.60. The zero-order chi connectivity index (χ0) is 11.4. The van der Waals surface area contributed by atoms with Crippen molar-refractivity contribution in [2.45, 2.75) is 39.7 Å². The predicted molar refractivity (Wildman–Crippen MR) is 63.5 cm³/mol. The van der Waals surface area contributed by atoms with E-state index in [0.717, 1.165) is 18.5 Å². The van der Waals surface area contributed by atoms with Crippen LogP contribution in [0.15, 0.2) is 12.1 Å². The van der Waals surface area contributed by atoms with Gasteiger partial charge in [0.2, 0.25) is 0 Å². The van der Waals surface area contributed by atoms with Gasteiger partial charge < -0.3 is 11.1 Å². The van der Waals surface area contributed by atoms with Crippen LogP contribution in [0.4, 0.5) is 15.8 Å². The van der Waals surface area contributed by atoms with Crippen molar-refractivity contribution in [2.24, 2.45) is 0 Å². The molecular weight excluding hydrogens is 191 g/mol. The molecule has 2 nitrogen and oxygen atoms in total. The minimum atomic E-state index is -0.249. The lowest BCUT2D eigenvalue weighted by molar-refractivity contribution is 0.619. The van der Waals surface area contributed by atoms with Gasteiger partial charge in [0.25, 0.3) is 0 Å². The van der Waals surface area contributed by atoms with Crippen molar-refractivity contribution in [3.8, 4) is 0 Å². The molecule has 15 heavy (non-hydrogen) atoms. The molecule has 1 rings (SSSR count). The lowest BCUT2D eigenvalue weighted by Crippen LogP contribution is -2.15. The molecule has 0 bridgehead atoms. The Morgan fingerprint density at radius 2 is 2.13 bits per heavy atom. The SMILES string of the molecule is CCCC(C)Nc1cc(C)c(F)cc1N. The molecule has 0 fully saturated rings. The highest BCUT2D eigenvalue weighted by Crippen LogP contribution is 2.23. The van der Waals surface area contributed by atoms with Gasteiger partial charge in [0.15, 0.2) is 0 Å². The number of aryl methyl sites for hydroxylation is 1. The van der Waals surface area contributed by atoms with Gasteiger partial charge >= 0.3 is 0 Å². The normalized spacial score (nSPS) is 12.5. The fourth-order valence-electron chi connectivity index (χ4n) is 1.59. The zero-order valence-electron chi connectivity index (χ0n) is 9.60. The molecule has 0 heterocycles. The minimum absolute atomic E-state index is 0.249. The molecule has 0 radical (unpaired) electrons. The molecule has 0 aromatic heterocycles. The molecule has 1 unspecified atom stereocenters. The van der Waals surface area contributed by atoms with E-state index in [0.29, 0.717) is 17.3 Å². The number of nitrogens with two attached hydrogens (primary N) is 1. The average molecular weight is 210 g/mol. The summed E-state index contributed by atoms with van der Waals surface area (Å²) in [6.45, 7) is 5.98. The van der Waals surface area contributed by atoms with Crippen LogP contribution >= 0.6 is 0 Å². The molecule has 1 aromatic rings. The van der Waals surface area contributed by atoms with E-state index in [4.69, 9.17) is 5.73 Å². The Kier molecular flexibility index (Phi) is 3.95. The van der Waals surface area contributed by atoms with E-state index in [9.17, 15) is 4.39 Å². The Hall–Kier alpha value is -1.25. The number of hydrogen-bond donors (Lipinski definition) is 2. The number of hydrogen-bond acceptors (Lipinski definition) is 2. The third-order valence-electron chi connectivity index (χ3n) is 2.45. The van der Waals surface area contributed by atoms with Crippen LogP contribution in [-0.4, -0.2) is 6.04 Å². The number of nitrogen functional groups attached to an aromatic ring is 1. The number of benzene rings is 1. The summed E-state index contributed by atoms with van der Waals surface area (Å²) >= 11 is 0. The topological polar surface area (TPSA) is 38.0 Å². The summed E-state index contributed by atoms with van der Waals surface area (Å²) in [5.41, 5.74) is 7.65. The number of rotatable bonds is 4. The van der Waals surface area contributed by atoms with Crippen molar-refractivity contribution >= 4 is 11.4 Å². The van der Waals surface area contributed by atoms with Gasteiger partial charge in [0.1, 0.15) is 5.82 Å². The molecule has 3 heteroatoms. The van der Waals surface area contributed by atoms with E-state index in [-0.39, 0.29) is 5.82 Å². The number of nitrogens with one attached hydrogen (secondary N) is 1. The molecule has 0 aliphatic rings. The van der Waals surface area contributed by atoms with Crippen LogP contribution in [0.1, 0.15) is 32.3 Å². The Morgan fingerprint density at radius 1 is 1.47 bits per heavy atom. The first-order valence-corrected chi connectivity index (χ1v) is 5.36. The second-order valence-corrected chi connectivity index (χ2v) is 4.02. The first-order valence-electron chi connectivity index (χ1n) is 5.36. The Bertz CT molecular complexity index is 337. The molecule has 0 saturated carbocycles. The molecule has 0 spiro atoms. The van der Waals surface area contributed by atoms with Gasteiger partial charge in [-0.25, -0.2) is 4.39 Å². The van der Waals surface area contributed by atoms with Crippen molar-refractivity contribution in [1.29, 1.82) is 0 Å². The first-order chi connectivity index (χ1) is 7.04. The fraction of sp³-hybridized carbons (Fsp3) is 0.500. The van der Waals surface area contributed by atoms with Gasteiger partial charge in [0.05, 0.1) is 11.4 Å². The third-order valence-corrected chi connectivity index (χ3v) is 2.45. The van der Waals surface area contributed by atoms with Gasteiger partial charge in [-0.15, -0.1) is 0 Å². The fourth-order valence-corrected chi connectivity index (χ4v) is 1.59. The predicted octanol–water partition coefficient (Wildman–Crippen LogP) is 3.32. The highest BCUT2D eigenvalue weighted by Gasteiger charge is 2.07. The lowest BCUT2D eigenvalue weighted by atomic mass is 10.1. The van der Waals surface area contributed by atoms with E-state index in [1.807, 2.05) is 0 Å². The van der Waals surface area contributed by atoms with Gasteiger partial charge in [-0.3, -0.25) is 0 Å². The second-order valence-electron chi connectivity index (χ2n) is 4.02. The maximum atomic E-state index is 13.1. The van der Waals surface area contributed by atoms with Crippen LogP contribution < -0.4 is 11.1 Å². The Balaban J connectivity index is 2.81. The second kappa shape index (κ2) is 5.01. The summed E-state index contributed by atoms with van der Waals surface area (Å²) in [4.78, 5) is 0. The highest BCUT2D eigenvalue weighted by atomic mass is 19.1. The number of anilines is 2. The minimum Gasteiger partial charge on any atom is -0.397 e. The summed E-state index contributed by atoms with van der Waals surface area (Å²) in [5.74, 6) is -0.249. The van der Waals surface area contributed by atoms with Gasteiger partial charge in [-0.2, -0.15) is 0 Å². The van der Waals surface area contributed by atoms with E-state index in [1.54, 1.807) is 13.0 Å². The van der Waals surface area contributed by atoms with E-state index < -0.39 is 0 Å². The molecule has 0 amide bonds. The van der Waals surface area contributed by atoms with Crippen LogP contribution in [0.25, 0.3) is 0 Å². The Morgan fingerprint density at radius 3 is 2.73 bits per heavy atom. The van der Waals surface area contributed by atoms with Crippen LogP contribution in [0.5, 0.6) is 0 Å². The molecular formula is C12H19FN2. The van der Waals surface area contributed by atoms with E-state index >= 15 is 0 Å². The van der Waals surface area contributed by atoms with Gasteiger partial charge in [-0.05, 0) is 38.0 Å². The monoisotopic (exact) mass is 210 g/mol. The smallest absolute Gasteiger partial charge is 0.128 e. The summed E-state index contributed by atoms with van der Waals surface area (Å²) < 4.78 is 13.1. The average Bonchev–Trinajstić information content (AvgIpc) is 2.14. The Labute approximate surface area is 90.7 Å². The molecule has 1 aromatic carbocycles. The van der Waals surface area contributed by atoms with E-state index in [1.165, 1.54) is 6.07 Å². The highest BCUT2D eigenvalue weighted by molar-refractivity contribution is 5.67. The maximum absolute atomic E-state index is 13.1. The molecule has 3 N–H and O–H groups in total. The van der Waals surface area contributed by atoms with Gasteiger partial charge in [-0.1, -0.05) is 13.3 Å². The summed E-state index contributed by atoms with van der Waals surface area (Å²) in [5, 5.41) is 3.29. The van der Waals surface area contributed by atoms with Crippen LogP contribution in [0.3, 0.4) is 0 Å². The van der Waals surface area contributed by atoms with Crippen molar-refractivity contribution in [2.75, 3.05) is 11.1 Å².